The first-order valence-corrected chi connectivity index (χ1v) is 12.4. The van der Waals surface area contributed by atoms with Crippen molar-refractivity contribution in [2.75, 3.05) is 11.9 Å². The zero-order chi connectivity index (χ0) is 24.6. The molecule has 4 aromatic carbocycles. The van der Waals surface area contributed by atoms with E-state index in [2.05, 4.69) is 31.3 Å². The Balaban J connectivity index is 1.52. The van der Waals surface area contributed by atoms with Crippen LogP contribution in [0.4, 0.5) is 5.69 Å². The number of carbonyl (C=O) groups is 1. The van der Waals surface area contributed by atoms with Gasteiger partial charge in [-0.3, -0.25) is 4.79 Å². The molecule has 1 amide bonds. The lowest BCUT2D eigenvalue weighted by Crippen LogP contribution is -2.13. The number of amides is 1. The fraction of sp³-hybridized carbons (Fsp3) is 0.167. The number of benzene rings is 4. The zero-order valence-corrected chi connectivity index (χ0v) is 21.0. The molecule has 0 spiro atoms. The van der Waals surface area contributed by atoms with Crippen LogP contribution in [0.2, 0.25) is 0 Å². The highest BCUT2D eigenvalue weighted by atomic mass is 32.2. The molecule has 0 saturated carbocycles. The first-order valence-electron chi connectivity index (χ1n) is 11.6. The number of hydrogen-bond acceptors (Lipinski definition) is 4. The number of nitrogens with one attached hydrogen (secondary N) is 1. The van der Waals surface area contributed by atoms with Gasteiger partial charge < -0.3 is 14.8 Å². The van der Waals surface area contributed by atoms with Crippen molar-refractivity contribution in [3.05, 3.63) is 113 Å². The maximum absolute atomic E-state index is 13.2. The molecule has 0 saturated heterocycles. The molecular formula is C30H29NO3S. The van der Waals surface area contributed by atoms with Gasteiger partial charge in [-0.05, 0) is 86.5 Å². The summed E-state index contributed by atoms with van der Waals surface area (Å²) >= 11 is 1.62. The lowest BCUT2D eigenvalue weighted by atomic mass is 10.1. The van der Waals surface area contributed by atoms with Gasteiger partial charge in [0.15, 0.2) is 0 Å². The highest BCUT2D eigenvalue weighted by Crippen LogP contribution is 2.33. The van der Waals surface area contributed by atoms with Crippen LogP contribution < -0.4 is 14.8 Å². The molecule has 4 rings (SSSR count). The second kappa shape index (κ2) is 11.6. The second-order valence-corrected chi connectivity index (χ2v) is 9.27. The monoisotopic (exact) mass is 483 g/mol. The SMILES string of the molecule is CCOc1ccc(C(=O)Nc2ccccc2Sc2ccccc2)cc1COc1ccc(C)c(C)c1. The number of anilines is 1. The number of hydrogen-bond donors (Lipinski definition) is 1. The van der Waals surface area contributed by atoms with Gasteiger partial charge in [-0.1, -0.05) is 48.2 Å². The number of rotatable bonds is 9. The van der Waals surface area contributed by atoms with E-state index in [1.807, 2.05) is 79.7 Å². The van der Waals surface area contributed by atoms with Crippen LogP contribution in [0.5, 0.6) is 11.5 Å². The van der Waals surface area contributed by atoms with Crippen molar-refractivity contribution < 1.29 is 14.3 Å². The Hall–Kier alpha value is -3.70. The predicted octanol–water partition coefficient (Wildman–Crippen LogP) is 7.68. The predicted molar refractivity (Wildman–Crippen MR) is 143 cm³/mol. The van der Waals surface area contributed by atoms with Crippen LogP contribution in [0.1, 0.15) is 34.0 Å². The molecule has 1 N–H and O–H groups in total. The van der Waals surface area contributed by atoms with Gasteiger partial charge in [0.05, 0.1) is 12.3 Å². The van der Waals surface area contributed by atoms with Crippen molar-refractivity contribution in [2.45, 2.75) is 37.2 Å². The van der Waals surface area contributed by atoms with Crippen molar-refractivity contribution in [3.63, 3.8) is 0 Å². The number of carbonyl (C=O) groups excluding carboxylic acids is 1. The first-order chi connectivity index (χ1) is 17.0. The second-order valence-electron chi connectivity index (χ2n) is 8.16. The average Bonchev–Trinajstić information content (AvgIpc) is 2.87. The van der Waals surface area contributed by atoms with Gasteiger partial charge >= 0.3 is 0 Å². The van der Waals surface area contributed by atoms with Crippen molar-refractivity contribution in [2.24, 2.45) is 0 Å². The van der Waals surface area contributed by atoms with E-state index in [9.17, 15) is 4.79 Å². The molecule has 0 radical (unpaired) electrons. The van der Waals surface area contributed by atoms with Gasteiger partial charge in [-0.15, -0.1) is 0 Å². The van der Waals surface area contributed by atoms with E-state index in [-0.39, 0.29) is 5.91 Å². The standard InChI is InChI=1S/C30H29NO3S/c1-4-33-28-17-15-23(19-24(28)20-34-25-16-14-21(2)22(3)18-25)30(32)31-27-12-8-9-13-29(27)35-26-10-6-5-7-11-26/h5-19H,4,20H2,1-3H3,(H,31,32). The molecule has 178 valence electrons. The van der Waals surface area contributed by atoms with Gasteiger partial charge in [0.25, 0.3) is 5.91 Å². The van der Waals surface area contributed by atoms with Crippen LogP contribution in [0.3, 0.4) is 0 Å². The van der Waals surface area contributed by atoms with E-state index >= 15 is 0 Å². The van der Waals surface area contributed by atoms with Crippen LogP contribution in [-0.4, -0.2) is 12.5 Å². The Morgan fingerprint density at radius 1 is 0.829 bits per heavy atom. The van der Waals surface area contributed by atoms with E-state index in [1.54, 1.807) is 17.8 Å². The molecule has 0 bridgehead atoms. The smallest absolute Gasteiger partial charge is 0.255 e. The Labute approximate surface area is 211 Å². The number of aryl methyl sites for hydroxylation is 2. The van der Waals surface area contributed by atoms with Crippen molar-refractivity contribution in [1.82, 2.24) is 0 Å². The van der Waals surface area contributed by atoms with E-state index in [1.165, 1.54) is 11.1 Å². The summed E-state index contributed by atoms with van der Waals surface area (Å²) in [5.74, 6) is 1.33. The minimum absolute atomic E-state index is 0.179. The summed E-state index contributed by atoms with van der Waals surface area (Å²) < 4.78 is 11.8. The summed E-state index contributed by atoms with van der Waals surface area (Å²) in [7, 11) is 0. The summed E-state index contributed by atoms with van der Waals surface area (Å²) in [6.07, 6.45) is 0. The summed E-state index contributed by atoms with van der Waals surface area (Å²) in [4.78, 5) is 15.3. The molecule has 0 aliphatic heterocycles. The maximum Gasteiger partial charge on any atom is 0.255 e. The summed E-state index contributed by atoms with van der Waals surface area (Å²) in [6.45, 7) is 6.92. The third-order valence-electron chi connectivity index (χ3n) is 5.60. The van der Waals surface area contributed by atoms with Gasteiger partial charge in [0.1, 0.15) is 18.1 Å². The Bertz CT molecular complexity index is 1300. The van der Waals surface area contributed by atoms with Gasteiger partial charge in [0.2, 0.25) is 0 Å². The van der Waals surface area contributed by atoms with Crippen LogP contribution in [0, 0.1) is 13.8 Å². The summed E-state index contributed by atoms with van der Waals surface area (Å²) in [6, 6.07) is 29.4. The van der Waals surface area contributed by atoms with Crippen LogP contribution >= 0.6 is 11.8 Å². The third-order valence-corrected chi connectivity index (χ3v) is 6.69. The first kappa shape index (κ1) is 24.4. The van der Waals surface area contributed by atoms with E-state index < -0.39 is 0 Å². The molecule has 0 aromatic heterocycles. The summed E-state index contributed by atoms with van der Waals surface area (Å²) in [5, 5.41) is 3.07. The van der Waals surface area contributed by atoms with E-state index in [0.29, 0.717) is 24.5 Å². The zero-order valence-electron chi connectivity index (χ0n) is 20.2. The molecule has 0 atom stereocenters. The molecule has 0 unspecified atom stereocenters. The van der Waals surface area contributed by atoms with E-state index in [0.717, 1.165) is 26.8 Å². The van der Waals surface area contributed by atoms with Crippen molar-refractivity contribution >= 4 is 23.4 Å². The Kier molecular flexibility index (Phi) is 8.11. The quantitative estimate of drug-likeness (QED) is 0.265. The van der Waals surface area contributed by atoms with Crippen LogP contribution in [-0.2, 0) is 6.61 Å². The van der Waals surface area contributed by atoms with Gasteiger partial charge in [0, 0.05) is 20.9 Å². The lowest BCUT2D eigenvalue weighted by molar-refractivity contribution is 0.102. The molecule has 0 heterocycles. The fourth-order valence-corrected chi connectivity index (χ4v) is 4.49. The van der Waals surface area contributed by atoms with Crippen molar-refractivity contribution in [1.29, 1.82) is 0 Å². The largest absolute Gasteiger partial charge is 0.493 e. The Morgan fingerprint density at radius 2 is 1.60 bits per heavy atom. The fourth-order valence-electron chi connectivity index (χ4n) is 3.56. The Morgan fingerprint density at radius 3 is 2.37 bits per heavy atom. The topological polar surface area (TPSA) is 47.6 Å². The lowest BCUT2D eigenvalue weighted by Gasteiger charge is -2.15. The average molecular weight is 484 g/mol. The van der Waals surface area contributed by atoms with Crippen LogP contribution in [0.15, 0.2) is 101 Å². The normalized spacial score (nSPS) is 10.6. The molecule has 4 aromatic rings. The van der Waals surface area contributed by atoms with Gasteiger partial charge in [-0.25, -0.2) is 0 Å². The molecule has 5 heteroatoms. The summed E-state index contributed by atoms with van der Waals surface area (Å²) in [5.41, 5.74) is 4.54. The molecule has 0 aliphatic rings. The van der Waals surface area contributed by atoms with Crippen molar-refractivity contribution in [3.8, 4) is 11.5 Å². The molecule has 0 aliphatic carbocycles. The number of para-hydroxylation sites is 1. The highest BCUT2D eigenvalue weighted by molar-refractivity contribution is 7.99. The number of ether oxygens (including phenoxy) is 2. The molecular weight excluding hydrogens is 454 g/mol. The third kappa shape index (κ3) is 6.46. The minimum atomic E-state index is -0.179. The molecule has 4 nitrogen and oxygen atoms in total. The molecule has 35 heavy (non-hydrogen) atoms. The van der Waals surface area contributed by atoms with E-state index in [4.69, 9.17) is 9.47 Å². The minimum Gasteiger partial charge on any atom is -0.493 e. The molecule has 0 fully saturated rings. The van der Waals surface area contributed by atoms with Gasteiger partial charge in [-0.2, -0.15) is 0 Å². The highest BCUT2D eigenvalue weighted by Gasteiger charge is 2.14. The maximum atomic E-state index is 13.2. The van der Waals surface area contributed by atoms with Crippen LogP contribution in [0.25, 0.3) is 0 Å².